The van der Waals surface area contributed by atoms with Crippen LogP contribution in [0.3, 0.4) is 0 Å². The van der Waals surface area contributed by atoms with Crippen LogP contribution in [0.2, 0.25) is 0 Å². The second kappa shape index (κ2) is 7.13. The van der Waals surface area contributed by atoms with Gasteiger partial charge in [-0.3, -0.25) is 9.10 Å². The first-order valence-electron chi connectivity index (χ1n) is 9.11. The van der Waals surface area contributed by atoms with Crippen molar-refractivity contribution in [2.24, 2.45) is 0 Å². The number of carbonyl (C=O) groups excluding carboxylic acids is 1. The summed E-state index contributed by atoms with van der Waals surface area (Å²) in [6, 6.07) is 12.4. The summed E-state index contributed by atoms with van der Waals surface area (Å²) in [5.41, 5.74) is 2.24. The highest BCUT2D eigenvalue weighted by atomic mass is 32.2. The van der Waals surface area contributed by atoms with Crippen LogP contribution in [0, 0.1) is 6.92 Å². The Balaban J connectivity index is 1.95. The van der Waals surface area contributed by atoms with Crippen molar-refractivity contribution >= 4 is 21.6 Å². The van der Waals surface area contributed by atoms with Gasteiger partial charge in [-0.1, -0.05) is 24.3 Å². The number of nitrogens with one attached hydrogen (secondary N) is 1. The molecule has 6 nitrogen and oxygen atoms in total. The first kappa shape index (κ1) is 20.2. The molecule has 2 aromatic carbocycles. The van der Waals surface area contributed by atoms with Crippen LogP contribution < -0.4 is 14.4 Å². The number of ether oxygens (including phenoxy) is 1. The maximum atomic E-state index is 13.1. The predicted molar refractivity (Wildman–Crippen MR) is 110 cm³/mol. The van der Waals surface area contributed by atoms with Crippen LogP contribution in [0.1, 0.15) is 47.8 Å². The van der Waals surface area contributed by atoms with Gasteiger partial charge in [0.1, 0.15) is 11.4 Å². The van der Waals surface area contributed by atoms with E-state index in [0.717, 1.165) is 27.4 Å². The number of anilines is 1. The fraction of sp³-hybridized carbons (Fsp3) is 0.381. The van der Waals surface area contributed by atoms with Crippen LogP contribution in [-0.2, 0) is 10.0 Å². The highest BCUT2D eigenvalue weighted by molar-refractivity contribution is 7.92. The van der Waals surface area contributed by atoms with Gasteiger partial charge in [-0.25, -0.2) is 8.42 Å². The number of hydrogen-bond donors (Lipinski definition) is 1. The number of nitrogens with zero attached hydrogens (tertiary/aromatic N) is 1. The summed E-state index contributed by atoms with van der Waals surface area (Å²) in [6.45, 7) is 5.97. The molecule has 2 aromatic rings. The normalized spacial score (nSPS) is 18.0. The molecule has 0 radical (unpaired) electrons. The smallest absolute Gasteiger partial charge is 0.253 e. The number of aryl methyl sites for hydroxylation is 1. The molecular weight excluding hydrogens is 376 g/mol. The Morgan fingerprint density at radius 1 is 1.21 bits per heavy atom. The summed E-state index contributed by atoms with van der Waals surface area (Å²) in [7, 11) is -2.04. The van der Waals surface area contributed by atoms with Crippen molar-refractivity contribution in [3.8, 4) is 5.75 Å². The molecule has 1 amide bonds. The zero-order valence-corrected chi connectivity index (χ0v) is 17.6. The van der Waals surface area contributed by atoms with Gasteiger partial charge < -0.3 is 10.1 Å². The van der Waals surface area contributed by atoms with Gasteiger partial charge in [-0.2, -0.15) is 0 Å². The first-order chi connectivity index (χ1) is 13.0. The summed E-state index contributed by atoms with van der Waals surface area (Å²) in [4.78, 5) is 13.1. The lowest BCUT2D eigenvalue weighted by Crippen LogP contribution is -2.41. The van der Waals surface area contributed by atoms with Gasteiger partial charge >= 0.3 is 0 Å². The molecule has 7 heteroatoms. The number of fused-ring (bicyclic) bond motifs is 1. The van der Waals surface area contributed by atoms with E-state index >= 15 is 0 Å². The van der Waals surface area contributed by atoms with Crippen LogP contribution in [-0.4, -0.2) is 33.2 Å². The molecule has 1 aliphatic rings. The Labute approximate surface area is 166 Å². The molecule has 1 aliphatic heterocycles. The average Bonchev–Trinajstić information content (AvgIpc) is 2.58. The van der Waals surface area contributed by atoms with E-state index in [-0.39, 0.29) is 11.9 Å². The van der Waals surface area contributed by atoms with E-state index in [1.165, 1.54) is 7.05 Å². The molecule has 28 heavy (non-hydrogen) atoms. The van der Waals surface area contributed by atoms with Crippen molar-refractivity contribution in [3.63, 3.8) is 0 Å². The van der Waals surface area contributed by atoms with E-state index < -0.39 is 15.6 Å². The minimum absolute atomic E-state index is 0.233. The van der Waals surface area contributed by atoms with Crippen molar-refractivity contribution in [2.45, 2.75) is 38.8 Å². The number of amides is 1. The molecule has 150 valence electrons. The molecule has 1 atom stereocenters. The van der Waals surface area contributed by atoms with E-state index in [1.54, 1.807) is 24.3 Å². The number of hydrogen-bond acceptors (Lipinski definition) is 4. The number of sulfonamides is 1. The van der Waals surface area contributed by atoms with Crippen LogP contribution in [0.15, 0.2) is 42.5 Å². The van der Waals surface area contributed by atoms with Crippen molar-refractivity contribution in [2.75, 3.05) is 17.6 Å². The summed E-state index contributed by atoms with van der Waals surface area (Å²) in [6.07, 6.45) is 1.72. The van der Waals surface area contributed by atoms with Crippen LogP contribution in [0.25, 0.3) is 0 Å². The zero-order valence-electron chi connectivity index (χ0n) is 16.8. The Morgan fingerprint density at radius 2 is 1.89 bits per heavy atom. The van der Waals surface area contributed by atoms with Gasteiger partial charge in [0, 0.05) is 19.0 Å². The summed E-state index contributed by atoms with van der Waals surface area (Å²) < 4.78 is 31.1. The predicted octanol–water partition coefficient (Wildman–Crippen LogP) is 3.42. The molecule has 1 N–H and O–H groups in total. The minimum Gasteiger partial charge on any atom is -0.487 e. The Hall–Kier alpha value is -2.54. The fourth-order valence-corrected chi connectivity index (χ4v) is 3.96. The summed E-state index contributed by atoms with van der Waals surface area (Å²) >= 11 is 0. The Bertz CT molecular complexity index is 1010. The summed E-state index contributed by atoms with van der Waals surface area (Å²) in [5, 5.41) is 3.07. The number of carbonyl (C=O) groups is 1. The van der Waals surface area contributed by atoms with E-state index in [4.69, 9.17) is 4.74 Å². The first-order valence-corrected chi connectivity index (χ1v) is 11.0. The molecule has 1 heterocycles. The highest BCUT2D eigenvalue weighted by Gasteiger charge is 2.35. The minimum atomic E-state index is -3.48. The van der Waals surface area contributed by atoms with Crippen LogP contribution in [0.5, 0.6) is 5.75 Å². The average molecular weight is 403 g/mol. The van der Waals surface area contributed by atoms with Crippen LogP contribution >= 0.6 is 0 Å². The Morgan fingerprint density at radius 3 is 2.57 bits per heavy atom. The number of para-hydroxylation sites is 1. The summed E-state index contributed by atoms with van der Waals surface area (Å²) in [5.74, 6) is 0.448. The van der Waals surface area contributed by atoms with Crippen molar-refractivity contribution in [1.29, 1.82) is 0 Å². The maximum absolute atomic E-state index is 13.1. The van der Waals surface area contributed by atoms with E-state index in [9.17, 15) is 13.2 Å². The molecule has 0 aromatic heterocycles. The number of benzene rings is 2. The fourth-order valence-electron chi connectivity index (χ4n) is 3.44. The molecule has 0 unspecified atom stereocenters. The third kappa shape index (κ3) is 4.14. The highest BCUT2D eigenvalue weighted by Crippen LogP contribution is 2.40. The molecule has 0 spiro atoms. The molecule has 0 bridgehead atoms. The van der Waals surface area contributed by atoms with Crippen molar-refractivity contribution in [1.82, 2.24) is 5.32 Å². The molecular formula is C21H26N2O4S. The topological polar surface area (TPSA) is 75.7 Å². The third-order valence-corrected chi connectivity index (χ3v) is 6.11. The lowest BCUT2D eigenvalue weighted by Gasteiger charge is -2.38. The Kier molecular flexibility index (Phi) is 5.14. The molecule has 3 rings (SSSR count). The second-order valence-electron chi connectivity index (χ2n) is 7.88. The van der Waals surface area contributed by atoms with Gasteiger partial charge in [0.15, 0.2) is 0 Å². The molecule has 0 saturated carbocycles. The van der Waals surface area contributed by atoms with Gasteiger partial charge in [0.05, 0.1) is 23.5 Å². The lowest BCUT2D eigenvalue weighted by molar-refractivity contribution is 0.0619. The molecule has 0 saturated heterocycles. The van der Waals surface area contributed by atoms with Crippen molar-refractivity contribution < 1.29 is 17.9 Å². The third-order valence-electron chi connectivity index (χ3n) is 4.92. The van der Waals surface area contributed by atoms with E-state index in [1.807, 2.05) is 39.0 Å². The quantitative estimate of drug-likeness (QED) is 0.850. The molecule has 0 fully saturated rings. The van der Waals surface area contributed by atoms with E-state index in [2.05, 4.69) is 5.32 Å². The maximum Gasteiger partial charge on any atom is 0.253 e. The SMILES string of the molecule is Cc1ccc2c(c1)OC(C)(C)C[C@@H]2NC(=O)c1ccccc1N(C)S(C)(=O)=O. The monoisotopic (exact) mass is 402 g/mol. The van der Waals surface area contributed by atoms with Crippen LogP contribution in [0.4, 0.5) is 5.69 Å². The number of rotatable bonds is 4. The second-order valence-corrected chi connectivity index (χ2v) is 9.89. The van der Waals surface area contributed by atoms with E-state index in [0.29, 0.717) is 17.7 Å². The van der Waals surface area contributed by atoms with Gasteiger partial charge in [0.25, 0.3) is 5.91 Å². The standard InChI is InChI=1S/C21H26N2O4S/c1-14-10-11-15-17(13-21(2,3)27-19(15)12-14)22-20(24)16-8-6-7-9-18(16)23(4)28(5,25)26/h6-12,17H,13H2,1-5H3,(H,22,24)/t17-/m0/s1. The lowest BCUT2D eigenvalue weighted by atomic mass is 9.89. The van der Waals surface area contributed by atoms with Gasteiger partial charge in [-0.15, -0.1) is 0 Å². The zero-order chi connectivity index (χ0) is 20.7. The largest absolute Gasteiger partial charge is 0.487 e. The van der Waals surface area contributed by atoms with Gasteiger partial charge in [0.2, 0.25) is 10.0 Å². The van der Waals surface area contributed by atoms with Gasteiger partial charge in [-0.05, 0) is 44.5 Å². The molecule has 0 aliphatic carbocycles. The van der Waals surface area contributed by atoms with Crippen molar-refractivity contribution in [3.05, 3.63) is 59.2 Å².